The predicted molar refractivity (Wildman–Crippen MR) is 54.3 cm³/mol. The molecule has 1 saturated carbocycles. The fraction of sp³-hybridized carbons (Fsp3) is 0.818. The minimum Gasteiger partial charge on any atom is -0.330 e. The Labute approximate surface area is 80.2 Å². The summed E-state index contributed by atoms with van der Waals surface area (Å²) in [6.07, 6.45) is 6.04. The Morgan fingerprint density at radius 1 is 1.46 bits per heavy atom. The summed E-state index contributed by atoms with van der Waals surface area (Å²) >= 11 is 0. The maximum atomic E-state index is 12.4. The van der Waals surface area contributed by atoms with Crippen LogP contribution in [0.15, 0.2) is 12.2 Å². The first-order chi connectivity index (χ1) is 6.22. The third-order valence-electron chi connectivity index (χ3n) is 3.16. The van der Waals surface area contributed by atoms with E-state index in [0.29, 0.717) is 13.0 Å². The van der Waals surface area contributed by atoms with Crippen LogP contribution in [0.4, 0.5) is 4.39 Å². The summed E-state index contributed by atoms with van der Waals surface area (Å²) < 4.78 is 12.4. The van der Waals surface area contributed by atoms with Crippen LogP contribution in [-0.4, -0.2) is 13.2 Å². The van der Waals surface area contributed by atoms with Gasteiger partial charge in [-0.2, -0.15) is 0 Å². The molecule has 2 N–H and O–H groups in total. The summed E-state index contributed by atoms with van der Waals surface area (Å²) in [6.45, 7) is 4.47. The number of alkyl halides is 1. The standard InChI is InChI=1S/C11H20FN/c1-10-3-2-4-11(9-10,5-7-12)6-8-13/h1-9,13H2. The topological polar surface area (TPSA) is 26.0 Å². The highest BCUT2D eigenvalue weighted by atomic mass is 19.1. The van der Waals surface area contributed by atoms with Gasteiger partial charge < -0.3 is 5.73 Å². The van der Waals surface area contributed by atoms with Crippen LogP contribution in [0, 0.1) is 5.41 Å². The van der Waals surface area contributed by atoms with Crippen molar-refractivity contribution in [1.29, 1.82) is 0 Å². The van der Waals surface area contributed by atoms with Crippen molar-refractivity contribution in [1.82, 2.24) is 0 Å². The van der Waals surface area contributed by atoms with Gasteiger partial charge in [0.05, 0.1) is 6.67 Å². The Morgan fingerprint density at radius 2 is 2.23 bits per heavy atom. The lowest BCUT2D eigenvalue weighted by atomic mass is 9.68. The van der Waals surface area contributed by atoms with Gasteiger partial charge in [-0.1, -0.05) is 12.2 Å². The van der Waals surface area contributed by atoms with Gasteiger partial charge in [0.25, 0.3) is 0 Å². The molecule has 76 valence electrons. The number of allylic oxidation sites excluding steroid dienone is 1. The number of halogens is 1. The molecule has 1 atom stereocenters. The lowest BCUT2D eigenvalue weighted by molar-refractivity contribution is 0.174. The summed E-state index contributed by atoms with van der Waals surface area (Å²) in [5, 5.41) is 0. The summed E-state index contributed by atoms with van der Waals surface area (Å²) in [7, 11) is 0. The van der Waals surface area contributed by atoms with Gasteiger partial charge >= 0.3 is 0 Å². The van der Waals surface area contributed by atoms with Crippen LogP contribution in [0.3, 0.4) is 0 Å². The van der Waals surface area contributed by atoms with E-state index in [0.717, 1.165) is 25.7 Å². The van der Waals surface area contributed by atoms with E-state index in [1.165, 1.54) is 12.0 Å². The summed E-state index contributed by atoms with van der Waals surface area (Å²) in [4.78, 5) is 0. The van der Waals surface area contributed by atoms with Crippen LogP contribution in [0.5, 0.6) is 0 Å². The van der Waals surface area contributed by atoms with Gasteiger partial charge in [-0.15, -0.1) is 0 Å². The molecule has 0 spiro atoms. The molecule has 13 heavy (non-hydrogen) atoms. The molecule has 0 aromatic heterocycles. The molecule has 1 unspecified atom stereocenters. The quantitative estimate of drug-likeness (QED) is 0.670. The normalized spacial score (nSPS) is 29.2. The minimum absolute atomic E-state index is 0.152. The van der Waals surface area contributed by atoms with Crippen LogP contribution in [0.25, 0.3) is 0 Å². The SMILES string of the molecule is C=C1CCCC(CCN)(CCF)C1. The fourth-order valence-corrected chi connectivity index (χ4v) is 2.48. The lowest BCUT2D eigenvalue weighted by Crippen LogP contribution is -2.28. The highest BCUT2D eigenvalue weighted by Gasteiger charge is 2.32. The van der Waals surface area contributed by atoms with Gasteiger partial charge in [0.1, 0.15) is 0 Å². The number of hydrogen-bond acceptors (Lipinski definition) is 1. The smallest absolute Gasteiger partial charge is 0.0899 e. The molecule has 1 aliphatic carbocycles. The maximum Gasteiger partial charge on any atom is 0.0899 e. The third-order valence-corrected chi connectivity index (χ3v) is 3.16. The van der Waals surface area contributed by atoms with Crippen molar-refractivity contribution in [3.63, 3.8) is 0 Å². The molecule has 0 bridgehead atoms. The molecule has 0 heterocycles. The molecule has 1 aliphatic rings. The van der Waals surface area contributed by atoms with Crippen molar-refractivity contribution in [2.75, 3.05) is 13.2 Å². The number of nitrogens with two attached hydrogens (primary N) is 1. The zero-order valence-electron chi connectivity index (χ0n) is 8.32. The second-order valence-electron chi connectivity index (χ2n) is 4.26. The van der Waals surface area contributed by atoms with Crippen LogP contribution in [0.2, 0.25) is 0 Å². The van der Waals surface area contributed by atoms with Crippen LogP contribution < -0.4 is 5.73 Å². The zero-order chi connectivity index (χ0) is 9.73. The van der Waals surface area contributed by atoms with Crippen LogP contribution in [0.1, 0.15) is 38.5 Å². The summed E-state index contributed by atoms with van der Waals surface area (Å²) in [5.41, 5.74) is 7.01. The lowest BCUT2D eigenvalue weighted by Gasteiger charge is -2.37. The van der Waals surface area contributed by atoms with Gasteiger partial charge in [-0.05, 0) is 50.5 Å². The van der Waals surface area contributed by atoms with Gasteiger partial charge in [0, 0.05) is 0 Å². The van der Waals surface area contributed by atoms with E-state index < -0.39 is 0 Å². The molecule has 1 rings (SSSR count). The van der Waals surface area contributed by atoms with Gasteiger partial charge in [-0.25, -0.2) is 0 Å². The molecule has 0 amide bonds. The molecule has 1 nitrogen and oxygen atoms in total. The van der Waals surface area contributed by atoms with E-state index in [-0.39, 0.29) is 12.1 Å². The second kappa shape index (κ2) is 4.75. The molecule has 0 radical (unpaired) electrons. The van der Waals surface area contributed by atoms with E-state index in [9.17, 15) is 4.39 Å². The Kier molecular flexibility index (Phi) is 3.91. The molecular weight excluding hydrogens is 165 g/mol. The first kappa shape index (κ1) is 10.7. The monoisotopic (exact) mass is 185 g/mol. The summed E-state index contributed by atoms with van der Waals surface area (Å²) in [5.74, 6) is 0. The average Bonchev–Trinajstić information content (AvgIpc) is 2.04. The molecular formula is C11H20FN. The predicted octanol–water partition coefficient (Wildman–Crippen LogP) is 2.81. The van der Waals surface area contributed by atoms with Crippen molar-refractivity contribution < 1.29 is 4.39 Å². The van der Waals surface area contributed by atoms with E-state index in [1.807, 2.05) is 0 Å². The largest absolute Gasteiger partial charge is 0.330 e. The van der Waals surface area contributed by atoms with Gasteiger partial charge in [0.2, 0.25) is 0 Å². The van der Waals surface area contributed by atoms with E-state index in [2.05, 4.69) is 6.58 Å². The zero-order valence-corrected chi connectivity index (χ0v) is 8.32. The Bertz CT molecular complexity index is 165. The average molecular weight is 185 g/mol. The fourth-order valence-electron chi connectivity index (χ4n) is 2.48. The first-order valence-corrected chi connectivity index (χ1v) is 5.15. The summed E-state index contributed by atoms with van der Waals surface area (Å²) in [6, 6.07) is 0. The van der Waals surface area contributed by atoms with Crippen molar-refractivity contribution in [3.05, 3.63) is 12.2 Å². The van der Waals surface area contributed by atoms with Crippen molar-refractivity contribution >= 4 is 0 Å². The molecule has 0 aliphatic heterocycles. The van der Waals surface area contributed by atoms with Crippen LogP contribution >= 0.6 is 0 Å². The molecule has 0 aromatic carbocycles. The highest BCUT2D eigenvalue weighted by molar-refractivity contribution is 5.04. The molecule has 2 heteroatoms. The minimum atomic E-state index is -0.215. The molecule has 1 fully saturated rings. The van der Waals surface area contributed by atoms with E-state index in [1.54, 1.807) is 0 Å². The maximum absolute atomic E-state index is 12.4. The highest BCUT2D eigenvalue weighted by Crippen LogP contribution is 2.43. The van der Waals surface area contributed by atoms with Gasteiger partial charge in [-0.3, -0.25) is 4.39 Å². The third kappa shape index (κ3) is 2.80. The van der Waals surface area contributed by atoms with E-state index >= 15 is 0 Å². The Hall–Kier alpha value is -0.370. The first-order valence-electron chi connectivity index (χ1n) is 5.15. The Morgan fingerprint density at radius 3 is 2.77 bits per heavy atom. The van der Waals surface area contributed by atoms with Crippen molar-refractivity contribution in [2.45, 2.75) is 38.5 Å². The number of rotatable bonds is 4. The van der Waals surface area contributed by atoms with Crippen molar-refractivity contribution in [3.8, 4) is 0 Å². The van der Waals surface area contributed by atoms with Gasteiger partial charge in [0.15, 0.2) is 0 Å². The van der Waals surface area contributed by atoms with Crippen molar-refractivity contribution in [2.24, 2.45) is 11.1 Å². The molecule has 0 saturated heterocycles. The second-order valence-corrected chi connectivity index (χ2v) is 4.26. The van der Waals surface area contributed by atoms with E-state index in [4.69, 9.17) is 5.73 Å². The van der Waals surface area contributed by atoms with Crippen LogP contribution in [-0.2, 0) is 0 Å². The Balaban J connectivity index is 2.58. The molecule has 0 aromatic rings. The number of hydrogen-bond donors (Lipinski definition) is 1.